The van der Waals surface area contributed by atoms with Crippen molar-refractivity contribution in [1.29, 1.82) is 0 Å². The molecule has 3 nitrogen and oxygen atoms in total. The molecular weight excluding hydrogens is 260 g/mol. The van der Waals surface area contributed by atoms with E-state index in [1.807, 2.05) is 23.1 Å². The van der Waals surface area contributed by atoms with Gasteiger partial charge in [-0.2, -0.15) is 0 Å². The van der Waals surface area contributed by atoms with Gasteiger partial charge in [-0.3, -0.25) is 4.79 Å². The number of hydrogen-bond acceptors (Lipinski definition) is 2. The third-order valence-electron chi connectivity index (χ3n) is 5.00. The average molecular weight is 288 g/mol. The zero-order valence-corrected chi connectivity index (χ0v) is 13.5. The Hall–Kier alpha value is -1.35. The number of nitrogens with two attached hydrogens (primary N) is 1. The van der Waals surface area contributed by atoms with Crippen LogP contribution in [0, 0.1) is 11.3 Å². The predicted molar refractivity (Wildman–Crippen MR) is 87.0 cm³/mol. The molecule has 21 heavy (non-hydrogen) atoms. The number of carbonyl (C=O) groups is 1. The summed E-state index contributed by atoms with van der Waals surface area (Å²) in [6.45, 7) is 8.79. The highest BCUT2D eigenvalue weighted by atomic mass is 16.2. The van der Waals surface area contributed by atoms with Crippen molar-refractivity contribution in [2.24, 2.45) is 17.1 Å². The van der Waals surface area contributed by atoms with Gasteiger partial charge in [-0.15, -0.1) is 0 Å². The first-order valence-corrected chi connectivity index (χ1v) is 8.04. The molecule has 1 aliphatic heterocycles. The maximum Gasteiger partial charge on any atom is 0.230 e. The zero-order chi connectivity index (χ0) is 15.5. The van der Waals surface area contributed by atoms with Crippen LogP contribution < -0.4 is 5.73 Å². The smallest absolute Gasteiger partial charge is 0.230 e. The molecule has 1 aromatic carbocycles. The van der Waals surface area contributed by atoms with Crippen molar-refractivity contribution in [3.63, 3.8) is 0 Å². The average Bonchev–Trinajstić information content (AvgIpc) is 2.91. The minimum Gasteiger partial charge on any atom is -0.342 e. The van der Waals surface area contributed by atoms with Crippen LogP contribution in [0.3, 0.4) is 0 Å². The first-order chi connectivity index (χ1) is 10.0. The van der Waals surface area contributed by atoms with Crippen LogP contribution in [0.2, 0.25) is 0 Å². The van der Waals surface area contributed by atoms with Crippen LogP contribution in [0.15, 0.2) is 30.3 Å². The van der Waals surface area contributed by atoms with Gasteiger partial charge in [0, 0.05) is 13.1 Å². The van der Waals surface area contributed by atoms with Crippen LogP contribution in [-0.4, -0.2) is 30.4 Å². The summed E-state index contributed by atoms with van der Waals surface area (Å²) in [6.07, 6.45) is 2.02. The molecule has 0 radical (unpaired) electrons. The van der Waals surface area contributed by atoms with E-state index in [1.54, 1.807) is 0 Å². The molecule has 2 rings (SSSR count). The number of likely N-dealkylation sites (tertiary alicyclic amines) is 1. The summed E-state index contributed by atoms with van der Waals surface area (Å²) in [7, 11) is 0. The molecule has 3 heteroatoms. The van der Waals surface area contributed by atoms with Gasteiger partial charge in [0.15, 0.2) is 0 Å². The lowest BCUT2D eigenvalue weighted by Gasteiger charge is -2.29. The van der Waals surface area contributed by atoms with Crippen LogP contribution in [0.5, 0.6) is 0 Å². The number of hydrogen-bond donors (Lipinski definition) is 1. The molecule has 1 heterocycles. The second-order valence-electron chi connectivity index (χ2n) is 6.80. The monoisotopic (exact) mass is 288 g/mol. The van der Waals surface area contributed by atoms with Crippen LogP contribution in [-0.2, 0) is 4.79 Å². The quantitative estimate of drug-likeness (QED) is 0.905. The van der Waals surface area contributed by atoms with Gasteiger partial charge in [-0.25, -0.2) is 0 Å². The molecule has 0 bridgehead atoms. The molecule has 1 amide bonds. The largest absolute Gasteiger partial charge is 0.342 e. The standard InChI is InChI=1S/C18H28N2O/c1-4-14(2)16(15-8-6-5-7-9-15)17(21)20-11-10-18(3,12-19)13-20/h5-9,14,16H,4,10-13,19H2,1-3H3. The molecular formula is C18H28N2O. The van der Waals surface area contributed by atoms with E-state index < -0.39 is 0 Å². The van der Waals surface area contributed by atoms with Crippen LogP contribution in [0.1, 0.15) is 45.1 Å². The highest BCUT2D eigenvalue weighted by Crippen LogP contribution is 2.34. The minimum atomic E-state index is -0.0312. The van der Waals surface area contributed by atoms with Crippen molar-refractivity contribution in [1.82, 2.24) is 4.90 Å². The number of nitrogens with zero attached hydrogens (tertiary/aromatic N) is 1. The van der Waals surface area contributed by atoms with Gasteiger partial charge < -0.3 is 10.6 Å². The van der Waals surface area contributed by atoms with Crippen LogP contribution >= 0.6 is 0 Å². The van der Waals surface area contributed by atoms with Gasteiger partial charge in [-0.05, 0) is 29.9 Å². The number of benzene rings is 1. The molecule has 0 aliphatic carbocycles. The maximum atomic E-state index is 13.0. The number of amides is 1. The lowest BCUT2D eigenvalue weighted by molar-refractivity contribution is -0.133. The van der Waals surface area contributed by atoms with E-state index >= 15 is 0 Å². The fourth-order valence-corrected chi connectivity index (χ4v) is 3.19. The summed E-state index contributed by atoms with van der Waals surface area (Å²) in [5.41, 5.74) is 7.09. The van der Waals surface area contributed by atoms with E-state index in [1.165, 1.54) is 0 Å². The normalized spacial score (nSPS) is 24.9. The highest BCUT2D eigenvalue weighted by molar-refractivity contribution is 5.84. The van der Waals surface area contributed by atoms with Gasteiger partial charge in [0.2, 0.25) is 5.91 Å². The Morgan fingerprint density at radius 2 is 2.05 bits per heavy atom. The fraction of sp³-hybridized carbons (Fsp3) is 0.611. The van der Waals surface area contributed by atoms with E-state index in [4.69, 9.17) is 5.73 Å². The lowest BCUT2D eigenvalue weighted by Crippen LogP contribution is -2.38. The van der Waals surface area contributed by atoms with Crippen molar-refractivity contribution >= 4 is 5.91 Å². The third-order valence-corrected chi connectivity index (χ3v) is 5.00. The van der Waals surface area contributed by atoms with E-state index in [0.29, 0.717) is 12.5 Å². The Morgan fingerprint density at radius 1 is 1.38 bits per heavy atom. The van der Waals surface area contributed by atoms with Crippen molar-refractivity contribution in [3.8, 4) is 0 Å². The molecule has 1 saturated heterocycles. The van der Waals surface area contributed by atoms with E-state index in [-0.39, 0.29) is 17.2 Å². The maximum absolute atomic E-state index is 13.0. The summed E-state index contributed by atoms with van der Waals surface area (Å²) < 4.78 is 0. The van der Waals surface area contributed by atoms with Gasteiger partial charge in [0.25, 0.3) is 0 Å². The van der Waals surface area contributed by atoms with E-state index in [2.05, 4.69) is 32.9 Å². The van der Waals surface area contributed by atoms with Crippen molar-refractivity contribution < 1.29 is 4.79 Å². The summed E-state index contributed by atoms with van der Waals surface area (Å²) in [4.78, 5) is 15.1. The predicted octanol–water partition coefficient (Wildman–Crippen LogP) is 3.01. The van der Waals surface area contributed by atoms with Gasteiger partial charge in [0.1, 0.15) is 0 Å². The molecule has 0 saturated carbocycles. The van der Waals surface area contributed by atoms with Gasteiger partial charge in [0.05, 0.1) is 5.92 Å². The Kier molecular flexibility index (Phi) is 5.04. The van der Waals surface area contributed by atoms with E-state index in [0.717, 1.165) is 31.5 Å². The molecule has 1 aromatic rings. The summed E-state index contributed by atoms with van der Waals surface area (Å²) >= 11 is 0. The highest BCUT2D eigenvalue weighted by Gasteiger charge is 2.38. The molecule has 3 unspecified atom stereocenters. The fourth-order valence-electron chi connectivity index (χ4n) is 3.19. The second-order valence-corrected chi connectivity index (χ2v) is 6.80. The Bertz CT molecular complexity index is 473. The van der Waals surface area contributed by atoms with E-state index in [9.17, 15) is 4.79 Å². The molecule has 1 aliphatic rings. The SMILES string of the molecule is CCC(C)C(C(=O)N1CCC(C)(CN)C1)c1ccccc1. The molecule has 0 aromatic heterocycles. The van der Waals surface area contributed by atoms with Crippen molar-refractivity contribution in [2.45, 2.75) is 39.5 Å². The van der Waals surface area contributed by atoms with Crippen molar-refractivity contribution in [2.75, 3.05) is 19.6 Å². The number of carbonyl (C=O) groups excluding carboxylic acids is 1. The van der Waals surface area contributed by atoms with Crippen molar-refractivity contribution in [3.05, 3.63) is 35.9 Å². The first kappa shape index (κ1) is 16.0. The minimum absolute atomic E-state index is 0.0312. The van der Waals surface area contributed by atoms with Gasteiger partial charge >= 0.3 is 0 Å². The molecule has 2 N–H and O–H groups in total. The first-order valence-electron chi connectivity index (χ1n) is 8.04. The Morgan fingerprint density at radius 3 is 2.57 bits per heavy atom. The van der Waals surface area contributed by atoms with Crippen LogP contribution in [0.25, 0.3) is 0 Å². The van der Waals surface area contributed by atoms with Gasteiger partial charge in [-0.1, -0.05) is 57.5 Å². The molecule has 1 fully saturated rings. The third kappa shape index (κ3) is 3.46. The zero-order valence-electron chi connectivity index (χ0n) is 13.5. The lowest BCUT2D eigenvalue weighted by atomic mass is 9.84. The topological polar surface area (TPSA) is 46.3 Å². The molecule has 116 valence electrons. The summed E-state index contributed by atoms with van der Waals surface area (Å²) in [5.74, 6) is 0.591. The molecule has 3 atom stereocenters. The van der Waals surface area contributed by atoms with Crippen LogP contribution in [0.4, 0.5) is 0 Å². The second kappa shape index (κ2) is 6.61. The Balaban J connectivity index is 2.20. The molecule has 0 spiro atoms. The summed E-state index contributed by atoms with van der Waals surface area (Å²) in [6, 6.07) is 10.2. The number of rotatable bonds is 5. The Labute approximate surface area is 128 Å². The summed E-state index contributed by atoms with van der Waals surface area (Å²) in [5, 5.41) is 0.